The number of aromatic amines is 1. The number of nitrogens with zero attached hydrogens (tertiary/aromatic N) is 2. The Morgan fingerprint density at radius 2 is 1.94 bits per heavy atom. The van der Waals surface area contributed by atoms with Gasteiger partial charge in [-0.1, -0.05) is 39.8 Å². The molecule has 1 aromatic heterocycles. The van der Waals surface area contributed by atoms with E-state index in [-0.39, 0.29) is 35.6 Å². The van der Waals surface area contributed by atoms with E-state index in [1.165, 1.54) is 0 Å². The third-order valence-corrected chi connectivity index (χ3v) is 7.05. The van der Waals surface area contributed by atoms with E-state index in [4.69, 9.17) is 0 Å². The van der Waals surface area contributed by atoms with Crippen LogP contribution < -0.4 is 10.6 Å². The van der Waals surface area contributed by atoms with Crippen LogP contribution in [-0.4, -0.2) is 51.2 Å². The number of rotatable bonds is 9. The van der Waals surface area contributed by atoms with Crippen LogP contribution in [0.2, 0.25) is 0 Å². The average Bonchev–Trinajstić information content (AvgIpc) is 3.28. The number of benzene rings is 1. The summed E-state index contributed by atoms with van der Waals surface area (Å²) >= 11 is 0. The SMILES string of the molecule is CC[C@H]1CCCCN1C(=O)C[C@H](NC(=O)CCC(C)(C)C)C(=O)N[C@@H](C)c1nc2c(C)cccc2[nH]1. The van der Waals surface area contributed by atoms with Gasteiger partial charge in [-0.15, -0.1) is 0 Å². The van der Waals surface area contributed by atoms with Gasteiger partial charge in [-0.2, -0.15) is 0 Å². The molecule has 1 fully saturated rings. The predicted molar refractivity (Wildman–Crippen MR) is 142 cm³/mol. The summed E-state index contributed by atoms with van der Waals surface area (Å²) in [6.45, 7) is 12.9. The standard InChI is InChI=1S/C28H43N5O3/c1-7-20-12-8-9-16-33(20)24(35)17-22(30-23(34)14-15-28(4,5)6)27(36)29-19(3)26-31-21-13-10-11-18(2)25(21)32-26/h10-11,13,19-20,22H,7-9,12,14-17H2,1-6H3,(H,29,36)(H,30,34)(H,31,32)/t19-,20-,22-/m0/s1. The number of aryl methyl sites for hydroxylation is 1. The van der Waals surface area contributed by atoms with Crippen LogP contribution in [0, 0.1) is 12.3 Å². The zero-order chi connectivity index (χ0) is 26.5. The Kier molecular flexibility index (Phi) is 9.14. The van der Waals surface area contributed by atoms with Gasteiger partial charge < -0.3 is 20.5 Å². The van der Waals surface area contributed by atoms with Crippen molar-refractivity contribution in [3.05, 3.63) is 29.6 Å². The van der Waals surface area contributed by atoms with Gasteiger partial charge >= 0.3 is 0 Å². The minimum absolute atomic E-state index is 0.000993. The zero-order valence-electron chi connectivity index (χ0n) is 22.7. The molecule has 0 saturated carbocycles. The normalized spacial score (nSPS) is 18.1. The van der Waals surface area contributed by atoms with Crippen LogP contribution in [0.4, 0.5) is 0 Å². The van der Waals surface area contributed by atoms with Gasteiger partial charge in [-0.3, -0.25) is 14.4 Å². The summed E-state index contributed by atoms with van der Waals surface area (Å²) in [5.41, 5.74) is 2.83. The van der Waals surface area contributed by atoms with Crippen molar-refractivity contribution in [3.8, 4) is 0 Å². The summed E-state index contributed by atoms with van der Waals surface area (Å²) < 4.78 is 0. The Morgan fingerprint density at radius 3 is 2.61 bits per heavy atom. The first-order valence-electron chi connectivity index (χ1n) is 13.3. The Balaban J connectivity index is 1.73. The van der Waals surface area contributed by atoms with Crippen molar-refractivity contribution < 1.29 is 14.4 Å². The monoisotopic (exact) mass is 497 g/mol. The minimum Gasteiger partial charge on any atom is -0.345 e. The number of hydrogen-bond donors (Lipinski definition) is 3. The fraction of sp³-hybridized carbons (Fsp3) is 0.643. The lowest BCUT2D eigenvalue weighted by atomic mass is 9.90. The van der Waals surface area contributed by atoms with Crippen LogP contribution in [0.15, 0.2) is 18.2 Å². The van der Waals surface area contributed by atoms with Crippen molar-refractivity contribution in [2.24, 2.45) is 5.41 Å². The Hall–Kier alpha value is -2.90. The lowest BCUT2D eigenvalue weighted by Gasteiger charge is -2.36. The topological polar surface area (TPSA) is 107 Å². The van der Waals surface area contributed by atoms with E-state index in [2.05, 4.69) is 48.3 Å². The van der Waals surface area contributed by atoms with Crippen LogP contribution in [0.1, 0.15) is 97.0 Å². The van der Waals surface area contributed by atoms with Gasteiger partial charge in [0, 0.05) is 19.0 Å². The highest BCUT2D eigenvalue weighted by molar-refractivity contribution is 5.92. The molecule has 2 heterocycles. The van der Waals surface area contributed by atoms with E-state index < -0.39 is 12.1 Å². The second kappa shape index (κ2) is 11.9. The lowest BCUT2D eigenvalue weighted by Crippen LogP contribution is -2.52. The average molecular weight is 498 g/mol. The lowest BCUT2D eigenvalue weighted by molar-refractivity contribution is -0.139. The summed E-state index contributed by atoms with van der Waals surface area (Å²) in [4.78, 5) is 49.2. The van der Waals surface area contributed by atoms with E-state index in [0.29, 0.717) is 25.2 Å². The number of carbonyl (C=O) groups excluding carboxylic acids is 3. The maximum absolute atomic E-state index is 13.4. The van der Waals surface area contributed by atoms with E-state index >= 15 is 0 Å². The van der Waals surface area contributed by atoms with Gasteiger partial charge in [0.25, 0.3) is 0 Å². The van der Waals surface area contributed by atoms with Gasteiger partial charge in [-0.25, -0.2) is 4.98 Å². The highest BCUT2D eigenvalue weighted by Gasteiger charge is 2.31. The van der Waals surface area contributed by atoms with Crippen LogP contribution in [0.25, 0.3) is 11.0 Å². The Labute approximate surface area is 215 Å². The van der Waals surface area contributed by atoms with Crippen LogP contribution in [0.3, 0.4) is 0 Å². The first kappa shape index (κ1) is 27.7. The molecule has 2 aromatic rings. The summed E-state index contributed by atoms with van der Waals surface area (Å²) in [6, 6.07) is 4.76. The fourth-order valence-corrected chi connectivity index (χ4v) is 4.79. The quantitative estimate of drug-likeness (QED) is 0.473. The molecule has 0 aliphatic carbocycles. The largest absolute Gasteiger partial charge is 0.345 e. The zero-order valence-corrected chi connectivity index (χ0v) is 22.7. The molecule has 0 spiro atoms. The number of piperidine rings is 1. The maximum Gasteiger partial charge on any atom is 0.243 e. The molecule has 198 valence electrons. The number of carbonyl (C=O) groups is 3. The third-order valence-electron chi connectivity index (χ3n) is 7.05. The maximum atomic E-state index is 13.4. The minimum atomic E-state index is -0.932. The van der Waals surface area contributed by atoms with Crippen molar-refractivity contribution in [2.75, 3.05) is 6.54 Å². The molecule has 0 unspecified atom stereocenters. The molecule has 1 aliphatic rings. The molecule has 3 rings (SSSR count). The first-order valence-corrected chi connectivity index (χ1v) is 13.3. The molecule has 8 heteroatoms. The van der Waals surface area contributed by atoms with Crippen molar-refractivity contribution in [2.45, 2.75) is 105 Å². The van der Waals surface area contributed by atoms with Crippen LogP contribution in [0.5, 0.6) is 0 Å². The van der Waals surface area contributed by atoms with E-state index in [1.807, 2.05) is 36.9 Å². The van der Waals surface area contributed by atoms with E-state index in [9.17, 15) is 14.4 Å². The van der Waals surface area contributed by atoms with Crippen LogP contribution in [-0.2, 0) is 14.4 Å². The predicted octanol–water partition coefficient (Wildman–Crippen LogP) is 4.54. The van der Waals surface area contributed by atoms with Crippen LogP contribution >= 0.6 is 0 Å². The van der Waals surface area contributed by atoms with Crippen molar-refractivity contribution in [1.29, 1.82) is 0 Å². The second-order valence-corrected chi connectivity index (χ2v) is 11.4. The Morgan fingerprint density at radius 1 is 1.19 bits per heavy atom. The molecular formula is C28H43N5O3. The summed E-state index contributed by atoms with van der Waals surface area (Å²) in [6.07, 6.45) is 4.92. The number of para-hydroxylation sites is 1. The number of H-pyrrole nitrogens is 1. The molecule has 1 aliphatic heterocycles. The smallest absolute Gasteiger partial charge is 0.243 e. The molecule has 8 nitrogen and oxygen atoms in total. The molecule has 3 atom stereocenters. The molecule has 3 amide bonds. The number of nitrogens with one attached hydrogen (secondary N) is 3. The number of fused-ring (bicyclic) bond motifs is 1. The number of hydrogen-bond acceptors (Lipinski definition) is 4. The summed E-state index contributed by atoms with van der Waals surface area (Å²) in [5.74, 6) is -0.0264. The highest BCUT2D eigenvalue weighted by Crippen LogP contribution is 2.23. The first-order chi connectivity index (χ1) is 17.0. The number of amides is 3. The van der Waals surface area contributed by atoms with Gasteiger partial charge in [0.15, 0.2) is 0 Å². The van der Waals surface area contributed by atoms with Gasteiger partial charge in [0.1, 0.15) is 11.9 Å². The van der Waals surface area contributed by atoms with Gasteiger partial charge in [-0.05, 0) is 63.0 Å². The highest BCUT2D eigenvalue weighted by atomic mass is 16.2. The van der Waals surface area contributed by atoms with E-state index in [1.54, 1.807) is 0 Å². The molecule has 36 heavy (non-hydrogen) atoms. The number of likely N-dealkylation sites (tertiary alicyclic amines) is 1. The number of aromatic nitrogens is 2. The molecule has 0 radical (unpaired) electrons. The molecule has 1 saturated heterocycles. The molecule has 1 aromatic carbocycles. The molecule has 3 N–H and O–H groups in total. The van der Waals surface area contributed by atoms with Crippen molar-refractivity contribution in [3.63, 3.8) is 0 Å². The summed E-state index contributed by atoms with van der Waals surface area (Å²) in [5, 5.41) is 5.83. The van der Waals surface area contributed by atoms with E-state index in [0.717, 1.165) is 42.3 Å². The number of imidazole rings is 1. The summed E-state index contributed by atoms with van der Waals surface area (Å²) in [7, 11) is 0. The van der Waals surface area contributed by atoms with Crippen molar-refractivity contribution in [1.82, 2.24) is 25.5 Å². The van der Waals surface area contributed by atoms with Crippen molar-refractivity contribution >= 4 is 28.8 Å². The Bertz CT molecular complexity index is 1070. The second-order valence-electron chi connectivity index (χ2n) is 11.4. The fourth-order valence-electron chi connectivity index (χ4n) is 4.79. The third kappa shape index (κ3) is 7.31. The van der Waals surface area contributed by atoms with Gasteiger partial charge in [0.05, 0.1) is 23.5 Å². The van der Waals surface area contributed by atoms with Gasteiger partial charge in [0.2, 0.25) is 17.7 Å². The molecular weight excluding hydrogens is 454 g/mol. The molecule has 0 bridgehead atoms.